The third kappa shape index (κ3) is 2.21. The van der Waals surface area contributed by atoms with Gasteiger partial charge in [-0.1, -0.05) is 27.2 Å². The molecule has 0 aromatic heterocycles. The van der Waals surface area contributed by atoms with E-state index in [1.54, 1.807) is 0 Å². The molecular formula is C11H21F. The summed E-state index contributed by atoms with van der Waals surface area (Å²) in [6.07, 6.45) is 3.47. The van der Waals surface area contributed by atoms with E-state index in [0.29, 0.717) is 5.92 Å². The third-order valence-corrected chi connectivity index (χ3v) is 3.44. The average Bonchev–Trinajstić information content (AvgIpc) is 2.05. The van der Waals surface area contributed by atoms with E-state index in [-0.39, 0.29) is 6.67 Å². The highest BCUT2D eigenvalue weighted by Gasteiger charge is 2.29. The Balaban J connectivity index is 2.47. The number of rotatable bonds is 2. The Labute approximate surface area is 75.5 Å². The van der Waals surface area contributed by atoms with Gasteiger partial charge in [-0.2, -0.15) is 0 Å². The van der Waals surface area contributed by atoms with Crippen LogP contribution >= 0.6 is 0 Å². The maximum atomic E-state index is 12.4. The molecule has 1 aliphatic carbocycles. The molecule has 0 amide bonds. The normalized spacial score (nSPS) is 37.2. The summed E-state index contributed by atoms with van der Waals surface area (Å²) >= 11 is 0. The molecule has 12 heavy (non-hydrogen) atoms. The molecule has 0 aromatic carbocycles. The highest BCUT2D eigenvalue weighted by molar-refractivity contribution is 4.79. The van der Waals surface area contributed by atoms with E-state index in [2.05, 4.69) is 20.8 Å². The van der Waals surface area contributed by atoms with Crippen molar-refractivity contribution < 1.29 is 4.39 Å². The van der Waals surface area contributed by atoms with Crippen LogP contribution in [0.25, 0.3) is 0 Å². The Morgan fingerprint density at radius 1 is 1.33 bits per heavy atom. The lowest BCUT2D eigenvalue weighted by atomic mass is 9.70. The summed E-state index contributed by atoms with van der Waals surface area (Å²) in [6.45, 7) is 6.75. The van der Waals surface area contributed by atoms with E-state index in [4.69, 9.17) is 0 Å². The first kappa shape index (κ1) is 10.0. The standard InChI is InChI=1S/C11H21F/c1-8(2)11-6-10(7-12)5-4-9(11)3/h8-11H,4-7H2,1-3H3. The molecule has 72 valence electrons. The number of hydrogen-bond acceptors (Lipinski definition) is 0. The van der Waals surface area contributed by atoms with Crippen LogP contribution in [0.15, 0.2) is 0 Å². The summed E-state index contributed by atoms with van der Waals surface area (Å²) in [4.78, 5) is 0. The van der Waals surface area contributed by atoms with Gasteiger partial charge in [0.05, 0.1) is 6.67 Å². The molecule has 0 aliphatic heterocycles. The lowest BCUT2D eigenvalue weighted by Gasteiger charge is -2.35. The Bertz CT molecular complexity index is 131. The maximum absolute atomic E-state index is 12.4. The third-order valence-electron chi connectivity index (χ3n) is 3.44. The van der Waals surface area contributed by atoms with E-state index in [1.807, 2.05) is 0 Å². The van der Waals surface area contributed by atoms with Crippen LogP contribution in [0.3, 0.4) is 0 Å². The van der Waals surface area contributed by atoms with Gasteiger partial charge in [0.2, 0.25) is 0 Å². The van der Waals surface area contributed by atoms with Gasteiger partial charge in [-0.15, -0.1) is 0 Å². The van der Waals surface area contributed by atoms with Crippen molar-refractivity contribution in [2.75, 3.05) is 6.67 Å². The fourth-order valence-corrected chi connectivity index (χ4v) is 2.52. The summed E-state index contributed by atoms with van der Waals surface area (Å²) < 4.78 is 12.4. The van der Waals surface area contributed by atoms with E-state index < -0.39 is 0 Å². The molecule has 1 saturated carbocycles. The molecule has 1 heteroatoms. The predicted molar refractivity (Wildman–Crippen MR) is 50.8 cm³/mol. The lowest BCUT2D eigenvalue weighted by molar-refractivity contribution is 0.130. The van der Waals surface area contributed by atoms with Crippen molar-refractivity contribution in [1.29, 1.82) is 0 Å². The predicted octanol–water partition coefficient (Wildman–Crippen LogP) is 3.66. The Morgan fingerprint density at radius 3 is 2.50 bits per heavy atom. The molecule has 3 atom stereocenters. The van der Waals surface area contributed by atoms with E-state index in [0.717, 1.165) is 30.6 Å². The zero-order chi connectivity index (χ0) is 9.14. The van der Waals surface area contributed by atoms with Crippen molar-refractivity contribution in [1.82, 2.24) is 0 Å². The smallest absolute Gasteiger partial charge is 0.0922 e. The molecule has 1 aliphatic rings. The highest BCUT2D eigenvalue weighted by Crippen LogP contribution is 2.37. The minimum absolute atomic E-state index is 0.101. The van der Waals surface area contributed by atoms with Crippen molar-refractivity contribution in [3.05, 3.63) is 0 Å². The van der Waals surface area contributed by atoms with Gasteiger partial charge in [0.15, 0.2) is 0 Å². The highest BCUT2D eigenvalue weighted by atomic mass is 19.1. The van der Waals surface area contributed by atoms with E-state index >= 15 is 0 Å². The van der Waals surface area contributed by atoms with Crippen molar-refractivity contribution in [2.24, 2.45) is 23.7 Å². The van der Waals surface area contributed by atoms with Gasteiger partial charge in [-0.05, 0) is 36.5 Å². The molecule has 0 heterocycles. The average molecular weight is 172 g/mol. The van der Waals surface area contributed by atoms with Crippen LogP contribution in [0.1, 0.15) is 40.0 Å². The zero-order valence-electron chi connectivity index (χ0n) is 8.52. The first-order chi connectivity index (χ1) is 5.65. The molecule has 1 rings (SSSR count). The summed E-state index contributed by atoms with van der Waals surface area (Å²) in [6, 6.07) is 0. The summed E-state index contributed by atoms with van der Waals surface area (Å²) in [5, 5.41) is 0. The van der Waals surface area contributed by atoms with Crippen LogP contribution in [0.4, 0.5) is 4.39 Å². The minimum Gasteiger partial charge on any atom is -0.251 e. The Morgan fingerprint density at radius 2 is 2.00 bits per heavy atom. The monoisotopic (exact) mass is 172 g/mol. The fraction of sp³-hybridized carbons (Fsp3) is 1.00. The number of alkyl halides is 1. The largest absolute Gasteiger partial charge is 0.251 e. The topological polar surface area (TPSA) is 0 Å². The van der Waals surface area contributed by atoms with Crippen LogP contribution in [-0.2, 0) is 0 Å². The molecule has 3 unspecified atom stereocenters. The zero-order valence-corrected chi connectivity index (χ0v) is 8.52. The molecule has 1 fully saturated rings. The van der Waals surface area contributed by atoms with Gasteiger partial charge in [0.25, 0.3) is 0 Å². The van der Waals surface area contributed by atoms with Gasteiger partial charge >= 0.3 is 0 Å². The van der Waals surface area contributed by atoms with E-state index in [9.17, 15) is 4.39 Å². The summed E-state index contributed by atoms with van der Waals surface area (Å²) in [5.74, 6) is 2.68. The van der Waals surface area contributed by atoms with Gasteiger partial charge in [-0.3, -0.25) is 4.39 Å². The quantitative estimate of drug-likeness (QED) is 0.596. The Hall–Kier alpha value is -0.0700. The van der Waals surface area contributed by atoms with Crippen LogP contribution in [0, 0.1) is 23.7 Å². The van der Waals surface area contributed by atoms with Crippen LogP contribution in [0.5, 0.6) is 0 Å². The van der Waals surface area contributed by atoms with E-state index in [1.165, 1.54) is 6.42 Å². The van der Waals surface area contributed by atoms with Gasteiger partial charge < -0.3 is 0 Å². The second-order valence-electron chi connectivity index (χ2n) is 4.72. The molecule has 0 saturated heterocycles. The maximum Gasteiger partial charge on any atom is 0.0922 e. The summed E-state index contributed by atoms with van der Waals surface area (Å²) in [5.41, 5.74) is 0. The molecule has 0 aromatic rings. The van der Waals surface area contributed by atoms with Crippen LogP contribution in [-0.4, -0.2) is 6.67 Å². The fourth-order valence-electron chi connectivity index (χ4n) is 2.52. The number of halogens is 1. The SMILES string of the molecule is CC(C)C1CC(CF)CCC1C. The van der Waals surface area contributed by atoms with Crippen molar-refractivity contribution in [2.45, 2.75) is 40.0 Å². The molecule has 0 nitrogen and oxygen atoms in total. The van der Waals surface area contributed by atoms with Gasteiger partial charge in [0.1, 0.15) is 0 Å². The Kier molecular flexibility index (Phi) is 3.54. The lowest BCUT2D eigenvalue weighted by Crippen LogP contribution is -2.27. The number of hydrogen-bond donors (Lipinski definition) is 0. The second-order valence-corrected chi connectivity index (χ2v) is 4.72. The first-order valence-corrected chi connectivity index (χ1v) is 5.21. The molecular weight excluding hydrogens is 151 g/mol. The second kappa shape index (κ2) is 4.25. The summed E-state index contributed by atoms with van der Waals surface area (Å²) in [7, 11) is 0. The van der Waals surface area contributed by atoms with Crippen molar-refractivity contribution >= 4 is 0 Å². The molecule has 0 N–H and O–H groups in total. The van der Waals surface area contributed by atoms with Gasteiger partial charge in [0, 0.05) is 0 Å². The van der Waals surface area contributed by atoms with Crippen LogP contribution in [0.2, 0.25) is 0 Å². The van der Waals surface area contributed by atoms with Crippen molar-refractivity contribution in [3.63, 3.8) is 0 Å². The van der Waals surface area contributed by atoms with Gasteiger partial charge in [-0.25, -0.2) is 0 Å². The minimum atomic E-state index is -0.101. The van der Waals surface area contributed by atoms with Crippen molar-refractivity contribution in [3.8, 4) is 0 Å². The first-order valence-electron chi connectivity index (χ1n) is 5.21. The molecule has 0 radical (unpaired) electrons. The molecule has 0 spiro atoms. The van der Waals surface area contributed by atoms with Crippen LogP contribution < -0.4 is 0 Å². The molecule has 0 bridgehead atoms.